The highest BCUT2D eigenvalue weighted by Crippen LogP contribution is 2.28. The molecule has 0 unspecified atom stereocenters. The number of para-hydroxylation sites is 1. The molecule has 1 aromatic carbocycles. The summed E-state index contributed by atoms with van der Waals surface area (Å²) >= 11 is 6.11. The summed E-state index contributed by atoms with van der Waals surface area (Å²) in [5.41, 5.74) is 3.36. The number of aryl methyl sites for hydroxylation is 1. The summed E-state index contributed by atoms with van der Waals surface area (Å²) in [6.45, 7) is 0.863. The van der Waals surface area contributed by atoms with Crippen molar-refractivity contribution in [1.82, 2.24) is 14.8 Å². The van der Waals surface area contributed by atoms with Gasteiger partial charge >= 0.3 is 0 Å². The molecule has 2 aromatic heterocycles. The van der Waals surface area contributed by atoms with Crippen LogP contribution < -0.4 is 5.32 Å². The van der Waals surface area contributed by atoms with Crippen molar-refractivity contribution in [1.29, 1.82) is 0 Å². The van der Waals surface area contributed by atoms with Crippen molar-refractivity contribution in [3.63, 3.8) is 0 Å². The highest BCUT2D eigenvalue weighted by atomic mass is 35.5. The molecule has 98 valence electrons. The summed E-state index contributed by atoms with van der Waals surface area (Å²) < 4.78 is 1.82. The van der Waals surface area contributed by atoms with Crippen molar-refractivity contribution in [2.45, 2.75) is 6.42 Å². The number of H-pyrrole nitrogens is 1. The number of fused-ring (bicyclic) bond motifs is 1. The van der Waals surface area contributed by atoms with Crippen molar-refractivity contribution < 1.29 is 0 Å². The molecule has 5 heteroatoms. The van der Waals surface area contributed by atoms with Crippen molar-refractivity contribution >= 4 is 28.2 Å². The molecule has 2 heterocycles. The molecule has 4 nitrogen and oxygen atoms in total. The first kappa shape index (κ1) is 12.1. The van der Waals surface area contributed by atoms with E-state index >= 15 is 0 Å². The van der Waals surface area contributed by atoms with Crippen molar-refractivity contribution in [2.24, 2.45) is 7.05 Å². The zero-order valence-electron chi connectivity index (χ0n) is 10.7. The fraction of sp³-hybridized carbons (Fsp3) is 0.214. The molecule has 0 saturated heterocycles. The van der Waals surface area contributed by atoms with Gasteiger partial charge in [-0.2, -0.15) is 5.10 Å². The van der Waals surface area contributed by atoms with Crippen LogP contribution in [0.4, 0.5) is 5.69 Å². The standard InChI is InChI=1S/C14H15ClN4/c1-19-9-10(7-18-19)5-6-16-13-4-2-3-11-12(15)8-17-14(11)13/h2-4,7-9,16-17H,5-6H2,1H3. The number of aromatic nitrogens is 3. The lowest BCUT2D eigenvalue weighted by Gasteiger charge is -2.06. The number of aromatic amines is 1. The van der Waals surface area contributed by atoms with Crippen molar-refractivity contribution in [3.8, 4) is 0 Å². The number of nitrogens with zero attached hydrogens (tertiary/aromatic N) is 2. The number of hydrogen-bond acceptors (Lipinski definition) is 2. The van der Waals surface area contributed by atoms with Gasteiger partial charge in [0.2, 0.25) is 0 Å². The van der Waals surface area contributed by atoms with Crippen LogP contribution in [0.1, 0.15) is 5.56 Å². The van der Waals surface area contributed by atoms with E-state index in [9.17, 15) is 0 Å². The maximum atomic E-state index is 6.11. The summed E-state index contributed by atoms with van der Waals surface area (Å²) in [5, 5.41) is 9.40. The second-order valence-corrected chi connectivity index (χ2v) is 4.97. The second-order valence-electron chi connectivity index (χ2n) is 4.56. The van der Waals surface area contributed by atoms with Gasteiger partial charge in [0.15, 0.2) is 0 Å². The Morgan fingerprint density at radius 1 is 1.42 bits per heavy atom. The predicted molar refractivity (Wildman–Crippen MR) is 78.7 cm³/mol. The molecule has 0 fully saturated rings. The molecule has 19 heavy (non-hydrogen) atoms. The van der Waals surface area contributed by atoms with E-state index in [1.807, 2.05) is 42.5 Å². The van der Waals surface area contributed by atoms with E-state index < -0.39 is 0 Å². The third kappa shape index (κ3) is 2.44. The molecule has 0 aliphatic carbocycles. The van der Waals surface area contributed by atoms with Gasteiger partial charge in [0.1, 0.15) is 0 Å². The monoisotopic (exact) mass is 274 g/mol. The summed E-state index contributed by atoms with van der Waals surface area (Å²) in [6, 6.07) is 6.08. The molecule has 0 atom stereocenters. The molecule has 0 amide bonds. The van der Waals surface area contributed by atoms with Gasteiger partial charge in [-0.1, -0.05) is 23.7 Å². The molecule has 0 aliphatic heterocycles. The van der Waals surface area contributed by atoms with Gasteiger partial charge in [0.05, 0.1) is 22.4 Å². The van der Waals surface area contributed by atoms with Gasteiger partial charge in [-0.05, 0) is 18.1 Å². The largest absolute Gasteiger partial charge is 0.383 e. The van der Waals surface area contributed by atoms with Gasteiger partial charge in [-0.25, -0.2) is 0 Å². The summed E-state index contributed by atoms with van der Waals surface area (Å²) in [4.78, 5) is 3.20. The second kappa shape index (κ2) is 4.97. The van der Waals surface area contributed by atoms with E-state index in [0.717, 1.165) is 34.6 Å². The van der Waals surface area contributed by atoms with E-state index in [1.54, 1.807) is 0 Å². The molecule has 0 bridgehead atoms. The predicted octanol–water partition coefficient (Wildman–Crippen LogP) is 3.21. The average molecular weight is 275 g/mol. The third-order valence-corrected chi connectivity index (χ3v) is 3.47. The molecular formula is C14H15ClN4. The molecule has 0 spiro atoms. The normalized spacial score (nSPS) is 11.1. The Kier molecular flexibility index (Phi) is 3.17. The van der Waals surface area contributed by atoms with Crippen molar-refractivity contribution in [2.75, 3.05) is 11.9 Å². The van der Waals surface area contributed by atoms with Crippen molar-refractivity contribution in [3.05, 3.63) is 47.4 Å². The Morgan fingerprint density at radius 2 is 2.32 bits per heavy atom. The highest BCUT2D eigenvalue weighted by molar-refractivity contribution is 6.35. The lowest BCUT2D eigenvalue weighted by Crippen LogP contribution is -2.04. The van der Waals surface area contributed by atoms with E-state index in [-0.39, 0.29) is 0 Å². The molecule has 0 aliphatic rings. The van der Waals surface area contributed by atoms with Crippen LogP contribution in [0, 0.1) is 0 Å². The first-order valence-electron chi connectivity index (χ1n) is 6.21. The smallest absolute Gasteiger partial charge is 0.0705 e. The number of anilines is 1. The fourth-order valence-corrected chi connectivity index (χ4v) is 2.42. The average Bonchev–Trinajstić information content (AvgIpc) is 2.98. The third-order valence-electron chi connectivity index (χ3n) is 3.15. The lowest BCUT2D eigenvalue weighted by molar-refractivity contribution is 0.767. The van der Waals surface area contributed by atoms with E-state index in [0.29, 0.717) is 0 Å². The van der Waals surface area contributed by atoms with Crippen LogP contribution in [0.25, 0.3) is 10.9 Å². The Balaban J connectivity index is 1.71. The number of rotatable bonds is 4. The van der Waals surface area contributed by atoms with Gasteiger partial charge < -0.3 is 10.3 Å². The molecule has 0 saturated carbocycles. The van der Waals surface area contributed by atoms with Crippen LogP contribution in [0.2, 0.25) is 5.02 Å². The first-order chi connectivity index (χ1) is 9.24. The zero-order valence-corrected chi connectivity index (χ0v) is 11.4. The van der Waals surface area contributed by atoms with Crippen LogP contribution in [0.15, 0.2) is 36.8 Å². The fourth-order valence-electron chi connectivity index (χ4n) is 2.21. The number of hydrogen-bond donors (Lipinski definition) is 2. The molecule has 2 N–H and O–H groups in total. The highest BCUT2D eigenvalue weighted by Gasteiger charge is 2.05. The van der Waals surface area contributed by atoms with Crippen LogP contribution in [0.5, 0.6) is 0 Å². The summed E-state index contributed by atoms with van der Waals surface area (Å²) in [6.07, 6.45) is 6.69. The Hall–Kier alpha value is -1.94. The molecule has 0 radical (unpaired) electrons. The minimum Gasteiger partial charge on any atom is -0.383 e. The molecular weight excluding hydrogens is 260 g/mol. The van der Waals surface area contributed by atoms with Gasteiger partial charge in [-0.15, -0.1) is 0 Å². The Labute approximate surface area is 116 Å². The van der Waals surface area contributed by atoms with Gasteiger partial charge in [0, 0.05) is 31.4 Å². The topological polar surface area (TPSA) is 45.6 Å². The van der Waals surface area contributed by atoms with E-state index in [2.05, 4.69) is 21.5 Å². The zero-order chi connectivity index (χ0) is 13.2. The Bertz CT molecular complexity index is 698. The van der Waals surface area contributed by atoms with E-state index in [4.69, 9.17) is 11.6 Å². The lowest BCUT2D eigenvalue weighted by atomic mass is 10.2. The number of benzene rings is 1. The van der Waals surface area contributed by atoms with Crippen LogP contribution in [-0.2, 0) is 13.5 Å². The van der Waals surface area contributed by atoms with Crippen LogP contribution in [-0.4, -0.2) is 21.3 Å². The SMILES string of the molecule is Cn1cc(CCNc2cccc3c(Cl)c[nH]c23)cn1. The molecule has 3 aromatic rings. The van der Waals surface area contributed by atoms with Gasteiger partial charge in [0.25, 0.3) is 0 Å². The maximum absolute atomic E-state index is 6.11. The summed E-state index contributed by atoms with van der Waals surface area (Å²) in [5.74, 6) is 0. The maximum Gasteiger partial charge on any atom is 0.0705 e. The van der Waals surface area contributed by atoms with Gasteiger partial charge in [-0.3, -0.25) is 4.68 Å². The minimum atomic E-state index is 0.755. The minimum absolute atomic E-state index is 0.755. The van der Waals surface area contributed by atoms with Crippen LogP contribution >= 0.6 is 11.6 Å². The number of nitrogens with one attached hydrogen (secondary N) is 2. The quantitative estimate of drug-likeness (QED) is 0.767. The van der Waals surface area contributed by atoms with Crippen LogP contribution in [0.3, 0.4) is 0 Å². The number of halogens is 1. The molecule has 3 rings (SSSR count). The Morgan fingerprint density at radius 3 is 3.11 bits per heavy atom. The van der Waals surface area contributed by atoms with E-state index in [1.165, 1.54) is 5.56 Å². The summed E-state index contributed by atoms with van der Waals surface area (Å²) in [7, 11) is 1.93. The first-order valence-corrected chi connectivity index (χ1v) is 6.59.